The molecule has 1 amide bonds. The van der Waals surface area contributed by atoms with Crippen LogP contribution in [0.3, 0.4) is 0 Å². The number of nitriles is 1. The predicted molar refractivity (Wildman–Crippen MR) is 87.4 cm³/mol. The molecule has 0 atom stereocenters. The van der Waals surface area contributed by atoms with Crippen LogP contribution >= 0.6 is 0 Å². The molecule has 1 rings (SSSR count). The number of amides is 1. The third-order valence-electron chi connectivity index (χ3n) is 3.92. The van der Waals surface area contributed by atoms with Crippen LogP contribution in [0.5, 0.6) is 0 Å². The van der Waals surface area contributed by atoms with Crippen molar-refractivity contribution in [3.05, 3.63) is 17.0 Å². The van der Waals surface area contributed by atoms with Gasteiger partial charge in [-0.1, -0.05) is 26.2 Å². The van der Waals surface area contributed by atoms with Gasteiger partial charge in [-0.3, -0.25) is 9.48 Å². The van der Waals surface area contributed by atoms with E-state index in [1.54, 1.807) is 0 Å². The van der Waals surface area contributed by atoms with E-state index in [-0.39, 0.29) is 5.91 Å². The molecule has 22 heavy (non-hydrogen) atoms. The Morgan fingerprint density at radius 2 is 2.09 bits per heavy atom. The van der Waals surface area contributed by atoms with Crippen molar-refractivity contribution in [3.8, 4) is 6.07 Å². The van der Waals surface area contributed by atoms with E-state index in [1.165, 1.54) is 19.3 Å². The second-order valence-electron chi connectivity index (χ2n) is 5.69. The normalized spacial score (nSPS) is 10.5. The number of hydrogen-bond donors (Lipinski definition) is 1. The van der Waals surface area contributed by atoms with Crippen LogP contribution in [0.2, 0.25) is 0 Å². The molecule has 122 valence electrons. The summed E-state index contributed by atoms with van der Waals surface area (Å²) in [7, 11) is 0. The number of unbranched alkanes of at least 4 members (excludes halogenated alkanes) is 3. The quantitative estimate of drug-likeness (QED) is 0.675. The SMILES string of the molecule is CCCCCCNC(=O)CCc1c(C)nn(CCC#N)c1C. The molecule has 1 aromatic heterocycles. The van der Waals surface area contributed by atoms with Crippen molar-refractivity contribution in [3.63, 3.8) is 0 Å². The van der Waals surface area contributed by atoms with Gasteiger partial charge < -0.3 is 5.32 Å². The van der Waals surface area contributed by atoms with E-state index in [0.717, 1.165) is 29.9 Å². The van der Waals surface area contributed by atoms with Gasteiger partial charge in [0.15, 0.2) is 0 Å². The number of nitrogens with zero attached hydrogens (tertiary/aromatic N) is 3. The monoisotopic (exact) mass is 304 g/mol. The smallest absolute Gasteiger partial charge is 0.220 e. The number of rotatable bonds is 10. The van der Waals surface area contributed by atoms with Crippen molar-refractivity contribution in [1.82, 2.24) is 15.1 Å². The Balaban J connectivity index is 2.39. The lowest BCUT2D eigenvalue weighted by Gasteiger charge is -2.06. The van der Waals surface area contributed by atoms with Gasteiger partial charge in [0.05, 0.1) is 24.7 Å². The summed E-state index contributed by atoms with van der Waals surface area (Å²) in [5.74, 6) is 0.111. The zero-order valence-electron chi connectivity index (χ0n) is 14.1. The zero-order chi connectivity index (χ0) is 16.4. The van der Waals surface area contributed by atoms with E-state index in [9.17, 15) is 4.79 Å². The Hall–Kier alpha value is -1.83. The highest BCUT2D eigenvalue weighted by Crippen LogP contribution is 2.15. The van der Waals surface area contributed by atoms with Gasteiger partial charge in [-0.15, -0.1) is 0 Å². The van der Waals surface area contributed by atoms with Crippen LogP contribution < -0.4 is 5.32 Å². The Morgan fingerprint density at radius 1 is 1.32 bits per heavy atom. The van der Waals surface area contributed by atoms with Crippen molar-refractivity contribution in [1.29, 1.82) is 5.26 Å². The van der Waals surface area contributed by atoms with Crippen molar-refractivity contribution >= 4 is 5.91 Å². The molecule has 0 bridgehead atoms. The maximum absolute atomic E-state index is 11.9. The Bertz CT molecular complexity index is 513. The van der Waals surface area contributed by atoms with Crippen molar-refractivity contribution in [2.75, 3.05) is 6.54 Å². The minimum atomic E-state index is 0.111. The summed E-state index contributed by atoms with van der Waals surface area (Å²) in [4.78, 5) is 11.9. The molecule has 0 aliphatic rings. The van der Waals surface area contributed by atoms with Crippen molar-refractivity contribution in [2.24, 2.45) is 0 Å². The summed E-state index contributed by atoms with van der Waals surface area (Å²) < 4.78 is 1.87. The minimum Gasteiger partial charge on any atom is -0.356 e. The average Bonchev–Trinajstić information content (AvgIpc) is 2.77. The summed E-state index contributed by atoms with van der Waals surface area (Å²) in [6.07, 6.45) is 6.35. The minimum absolute atomic E-state index is 0.111. The first kappa shape index (κ1) is 18.2. The molecule has 1 aromatic rings. The lowest BCUT2D eigenvalue weighted by molar-refractivity contribution is -0.121. The van der Waals surface area contributed by atoms with E-state index in [4.69, 9.17) is 5.26 Å². The Kier molecular flexibility index (Phi) is 8.27. The largest absolute Gasteiger partial charge is 0.356 e. The number of carbonyl (C=O) groups is 1. The topological polar surface area (TPSA) is 70.7 Å². The van der Waals surface area contributed by atoms with Crippen molar-refractivity contribution < 1.29 is 4.79 Å². The van der Waals surface area contributed by atoms with E-state index in [0.29, 0.717) is 25.8 Å². The first-order valence-corrected chi connectivity index (χ1v) is 8.26. The van der Waals surface area contributed by atoms with E-state index in [2.05, 4.69) is 23.4 Å². The molecule has 1 heterocycles. The van der Waals surface area contributed by atoms with E-state index < -0.39 is 0 Å². The maximum atomic E-state index is 11.9. The Morgan fingerprint density at radius 3 is 2.77 bits per heavy atom. The summed E-state index contributed by atoms with van der Waals surface area (Å²) in [5, 5.41) is 16.1. The van der Waals surface area contributed by atoms with Crippen LogP contribution in [-0.2, 0) is 17.8 Å². The van der Waals surface area contributed by atoms with E-state index in [1.807, 2.05) is 18.5 Å². The molecule has 0 spiro atoms. The van der Waals surface area contributed by atoms with Gasteiger partial charge in [0.1, 0.15) is 0 Å². The van der Waals surface area contributed by atoms with Gasteiger partial charge in [-0.2, -0.15) is 10.4 Å². The molecule has 5 nitrogen and oxygen atoms in total. The van der Waals surface area contributed by atoms with Gasteiger partial charge in [0.25, 0.3) is 0 Å². The third kappa shape index (κ3) is 5.88. The molecule has 0 radical (unpaired) electrons. The average molecular weight is 304 g/mol. The summed E-state index contributed by atoms with van der Waals surface area (Å²) in [6.45, 7) is 7.55. The number of carbonyl (C=O) groups excluding carboxylic acids is 1. The molecular weight excluding hydrogens is 276 g/mol. The second kappa shape index (κ2) is 9.99. The fraction of sp³-hybridized carbons (Fsp3) is 0.706. The fourth-order valence-corrected chi connectivity index (χ4v) is 2.58. The van der Waals surface area contributed by atoms with Crippen LogP contribution in [0.25, 0.3) is 0 Å². The molecule has 0 fully saturated rings. The molecular formula is C17H28N4O. The second-order valence-corrected chi connectivity index (χ2v) is 5.69. The number of aryl methyl sites for hydroxylation is 2. The number of aromatic nitrogens is 2. The van der Waals surface area contributed by atoms with Crippen LogP contribution in [0.15, 0.2) is 0 Å². The van der Waals surface area contributed by atoms with Gasteiger partial charge >= 0.3 is 0 Å². The summed E-state index contributed by atoms with van der Waals surface area (Å²) >= 11 is 0. The molecule has 0 unspecified atom stereocenters. The third-order valence-corrected chi connectivity index (χ3v) is 3.92. The molecule has 5 heteroatoms. The molecule has 0 saturated carbocycles. The fourth-order valence-electron chi connectivity index (χ4n) is 2.58. The molecule has 0 saturated heterocycles. The Labute approximate surface area is 133 Å². The first-order valence-electron chi connectivity index (χ1n) is 8.26. The lowest BCUT2D eigenvalue weighted by Crippen LogP contribution is -2.24. The molecule has 0 aliphatic heterocycles. The zero-order valence-corrected chi connectivity index (χ0v) is 14.1. The van der Waals surface area contributed by atoms with Crippen LogP contribution in [0, 0.1) is 25.2 Å². The van der Waals surface area contributed by atoms with Crippen LogP contribution in [0.4, 0.5) is 0 Å². The van der Waals surface area contributed by atoms with Gasteiger partial charge in [0, 0.05) is 18.7 Å². The van der Waals surface area contributed by atoms with E-state index >= 15 is 0 Å². The molecule has 0 aromatic carbocycles. The molecule has 0 aliphatic carbocycles. The maximum Gasteiger partial charge on any atom is 0.220 e. The summed E-state index contributed by atoms with van der Waals surface area (Å²) in [6, 6.07) is 2.14. The van der Waals surface area contributed by atoms with Crippen LogP contribution in [0.1, 0.15) is 62.4 Å². The highest BCUT2D eigenvalue weighted by Gasteiger charge is 2.12. The highest BCUT2D eigenvalue weighted by molar-refractivity contribution is 5.76. The van der Waals surface area contributed by atoms with Gasteiger partial charge in [0.2, 0.25) is 5.91 Å². The molecule has 1 N–H and O–H groups in total. The lowest BCUT2D eigenvalue weighted by atomic mass is 10.1. The summed E-state index contributed by atoms with van der Waals surface area (Å²) in [5.41, 5.74) is 3.17. The van der Waals surface area contributed by atoms with Crippen molar-refractivity contribution in [2.45, 2.75) is 72.3 Å². The predicted octanol–water partition coefficient (Wildman–Crippen LogP) is 3.04. The standard InChI is InChI=1S/C17H28N4O/c1-4-5-6-7-12-19-17(22)10-9-16-14(2)20-21(15(16)3)13-8-11-18/h4-10,12-13H2,1-3H3,(H,19,22). The van der Waals surface area contributed by atoms with Gasteiger partial charge in [-0.25, -0.2) is 0 Å². The van der Waals surface area contributed by atoms with Gasteiger partial charge in [-0.05, 0) is 32.3 Å². The first-order chi connectivity index (χ1) is 10.6. The number of nitrogens with one attached hydrogen (secondary N) is 1. The number of hydrogen-bond acceptors (Lipinski definition) is 3. The van der Waals surface area contributed by atoms with Crippen LogP contribution in [-0.4, -0.2) is 22.2 Å². The highest BCUT2D eigenvalue weighted by atomic mass is 16.1.